The van der Waals surface area contributed by atoms with Crippen LogP contribution in [0.1, 0.15) is 52.9 Å². The Morgan fingerprint density at radius 1 is 1.03 bits per heavy atom. The second-order valence-electron chi connectivity index (χ2n) is 8.61. The van der Waals surface area contributed by atoms with Gasteiger partial charge in [-0.3, -0.25) is 9.59 Å². The first kappa shape index (κ1) is 26.6. The molecule has 11 heteroatoms. The smallest absolute Gasteiger partial charge is 0.267 e. The number of rotatable bonds is 7. The summed E-state index contributed by atoms with van der Waals surface area (Å²) in [5.41, 5.74) is 3.36. The van der Waals surface area contributed by atoms with E-state index in [0.29, 0.717) is 38.5 Å². The van der Waals surface area contributed by atoms with E-state index in [1.807, 2.05) is 19.1 Å². The third-order valence-corrected chi connectivity index (χ3v) is 9.10. The Kier molecular flexibility index (Phi) is 7.27. The van der Waals surface area contributed by atoms with E-state index in [1.165, 1.54) is 0 Å². The van der Waals surface area contributed by atoms with E-state index >= 15 is 0 Å². The second kappa shape index (κ2) is 10.1. The zero-order chi connectivity index (χ0) is 27.1. The maximum atomic E-state index is 13.6. The molecule has 0 fully saturated rings. The minimum absolute atomic E-state index is 0.0264. The zero-order valence-electron chi connectivity index (χ0n) is 20.7. The highest BCUT2D eigenvalue weighted by Gasteiger charge is 2.31. The largest absolute Gasteiger partial charge is 0.336 e. The predicted molar refractivity (Wildman–Crippen MR) is 145 cm³/mol. The van der Waals surface area contributed by atoms with Crippen molar-refractivity contribution in [2.24, 2.45) is 0 Å². The van der Waals surface area contributed by atoms with E-state index in [2.05, 4.69) is 15.2 Å². The maximum absolute atomic E-state index is 13.6. The van der Waals surface area contributed by atoms with Crippen molar-refractivity contribution in [3.05, 3.63) is 90.8 Å². The number of aryl methyl sites for hydroxylation is 4. The molecule has 2 aromatic heterocycles. The number of thiophene rings is 1. The number of carbonyl (C=O) groups excluding carboxylic acids is 2. The van der Waals surface area contributed by atoms with E-state index < -0.39 is 15.9 Å². The molecule has 2 N–H and O–H groups in total. The monoisotopic (exact) mass is 557 g/mol. The van der Waals surface area contributed by atoms with Crippen LogP contribution in [-0.2, 0) is 10.0 Å². The maximum Gasteiger partial charge on any atom is 0.267 e. The summed E-state index contributed by atoms with van der Waals surface area (Å²) in [5, 5.41) is 6.49. The molecule has 2 aromatic carbocycles. The first-order valence-corrected chi connectivity index (χ1v) is 13.9. The number of halogens is 1. The molecule has 0 aliphatic carbocycles. The highest BCUT2D eigenvalue weighted by molar-refractivity contribution is 7.93. The molecular weight excluding hydrogens is 534 g/mol. The van der Waals surface area contributed by atoms with Crippen molar-refractivity contribution >= 4 is 56.2 Å². The molecule has 0 aliphatic rings. The molecule has 8 nitrogen and oxygen atoms in total. The number of benzene rings is 2. The van der Waals surface area contributed by atoms with Gasteiger partial charge in [0.2, 0.25) is 0 Å². The SMILES string of the molecule is Cc1cc(C)c(NC(=O)c2sc(C)c(C)c2S(=O)(=O)Nc2onc(C)c2Cl)c(C(=O)c2ccccc2)c1. The van der Waals surface area contributed by atoms with Gasteiger partial charge in [-0.1, -0.05) is 53.2 Å². The van der Waals surface area contributed by atoms with Crippen LogP contribution in [-0.4, -0.2) is 25.3 Å². The van der Waals surface area contributed by atoms with Gasteiger partial charge in [-0.05, 0) is 57.4 Å². The molecule has 0 aliphatic heterocycles. The number of ketones is 1. The summed E-state index contributed by atoms with van der Waals surface area (Å²) >= 11 is 7.13. The van der Waals surface area contributed by atoms with E-state index in [9.17, 15) is 18.0 Å². The highest BCUT2D eigenvalue weighted by Crippen LogP contribution is 2.36. The van der Waals surface area contributed by atoms with E-state index in [-0.39, 0.29) is 26.5 Å². The molecule has 0 spiro atoms. The summed E-state index contributed by atoms with van der Waals surface area (Å²) < 4.78 is 34.0. The third-order valence-electron chi connectivity index (χ3n) is 5.82. The van der Waals surface area contributed by atoms with Gasteiger partial charge in [0.25, 0.3) is 21.8 Å². The Balaban J connectivity index is 1.75. The number of nitrogens with one attached hydrogen (secondary N) is 2. The van der Waals surface area contributed by atoms with Crippen molar-refractivity contribution in [3.8, 4) is 0 Å². The van der Waals surface area contributed by atoms with Gasteiger partial charge in [-0.15, -0.1) is 11.3 Å². The second-order valence-corrected chi connectivity index (χ2v) is 11.8. The Hall–Kier alpha value is -3.47. The van der Waals surface area contributed by atoms with Gasteiger partial charge in [0, 0.05) is 16.0 Å². The summed E-state index contributed by atoms with van der Waals surface area (Å²) in [6.07, 6.45) is 0. The molecule has 0 bridgehead atoms. The van der Waals surface area contributed by atoms with Crippen LogP contribution in [0.2, 0.25) is 5.02 Å². The van der Waals surface area contributed by atoms with Crippen molar-refractivity contribution < 1.29 is 22.5 Å². The summed E-state index contributed by atoms with van der Waals surface area (Å²) in [6, 6.07) is 12.3. The molecule has 2 heterocycles. The van der Waals surface area contributed by atoms with Gasteiger partial charge in [0.1, 0.15) is 20.5 Å². The summed E-state index contributed by atoms with van der Waals surface area (Å²) in [7, 11) is -4.27. The van der Waals surface area contributed by atoms with Gasteiger partial charge < -0.3 is 9.84 Å². The van der Waals surface area contributed by atoms with Gasteiger partial charge in [0.15, 0.2) is 5.78 Å². The van der Waals surface area contributed by atoms with Crippen molar-refractivity contribution in [2.75, 3.05) is 10.0 Å². The fourth-order valence-corrected chi connectivity index (χ4v) is 6.92. The molecule has 192 valence electrons. The number of anilines is 2. The number of amides is 1. The average molecular weight is 558 g/mol. The topological polar surface area (TPSA) is 118 Å². The molecule has 0 radical (unpaired) electrons. The van der Waals surface area contributed by atoms with Crippen molar-refractivity contribution in [2.45, 2.75) is 39.5 Å². The first-order chi connectivity index (χ1) is 17.4. The molecule has 0 atom stereocenters. The molecule has 1 amide bonds. The van der Waals surface area contributed by atoms with Crippen LogP contribution in [0.5, 0.6) is 0 Å². The van der Waals surface area contributed by atoms with Crippen LogP contribution in [0.25, 0.3) is 0 Å². The van der Waals surface area contributed by atoms with Crippen molar-refractivity contribution in [3.63, 3.8) is 0 Å². The fraction of sp³-hybridized carbons (Fsp3) is 0.192. The van der Waals surface area contributed by atoms with Crippen LogP contribution < -0.4 is 10.0 Å². The molecule has 4 rings (SSSR count). The highest BCUT2D eigenvalue weighted by atomic mass is 35.5. The van der Waals surface area contributed by atoms with Crippen molar-refractivity contribution in [1.29, 1.82) is 0 Å². The lowest BCUT2D eigenvalue weighted by molar-refractivity contribution is 0.102. The third kappa shape index (κ3) is 5.18. The minimum atomic E-state index is -4.27. The van der Waals surface area contributed by atoms with Crippen LogP contribution >= 0.6 is 22.9 Å². The number of sulfonamides is 1. The van der Waals surface area contributed by atoms with Crippen LogP contribution in [0.15, 0.2) is 51.9 Å². The lowest BCUT2D eigenvalue weighted by atomic mass is 9.96. The van der Waals surface area contributed by atoms with E-state index in [4.69, 9.17) is 16.1 Å². The molecular formula is C26H24ClN3O5S2. The molecule has 0 saturated heterocycles. The van der Waals surface area contributed by atoms with Crippen LogP contribution in [0, 0.1) is 34.6 Å². The normalized spacial score (nSPS) is 11.4. The summed E-state index contributed by atoms with van der Waals surface area (Å²) in [6.45, 7) is 8.55. The number of hydrogen-bond donors (Lipinski definition) is 2. The predicted octanol–water partition coefficient (Wildman–Crippen LogP) is 6.22. The Bertz CT molecular complexity index is 1640. The minimum Gasteiger partial charge on any atom is -0.336 e. The number of nitrogens with zero attached hydrogens (tertiary/aromatic N) is 1. The van der Waals surface area contributed by atoms with Crippen LogP contribution in [0.3, 0.4) is 0 Å². The van der Waals surface area contributed by atoms with Gasteiger partial charge in [-0.2, -0.15) is 0 Å². The van der Waals surface area contributed by atoms with Crippen LogP contribution in [0.4, 0.5) is 11.6 Å². The molecule has 0 unspecified atom stereocenters. The number of hydrogen-bond acceptors (Lipinski definition) is 7. The average Bonchev–Trinajstić information content (AvgIpc) is 3.33. The number of aromatic nitrogens is 1. The van der Waals surface area contributed by atoms with Gasteiger partial charge in [0.05, 0.1) is 5.69 Å². The first-order valence-electron chi connectivity index (χ1n) is 11.2. The Labute approximate surface area is 223 Å². The molecule has 4 aromatic rings. The number of carbonyl (C=O) groups is 2. The zero-order valence-corrected chi connectivity index (χ0v) is 23.1. The summed E-state index contributed by atoms with van der Waals surface area (Å²) in [4.78, 5) is 27.3. The Morgan fingerprint density at radius 3 is 2.32 bits per heavy atom. The lowest BCUT2D eigenvalue weighted by Crippen LogP contribution is -2.21. The lowest BCUT2D eigenvalue weighted by Gasteiger charge is -2.15. The van der Waals surface area contributed by atoms with Gasteiger partial charge >= 0.3 is 0 Å². The quantitative estimate of drug-likeness (QED) is 0.261. The fourth-order valence-electron chi connectivity index (χ4n) is 3.90. The molecule has 37 heavy (non-hydrogen) atoms. The standard InChI is InChI=1S/C26H24ClN3O5S2/c1-13-11-14(2)21(19(12-13)22(31)18-9-7-6-8-10-18)28-25(32)23-24(15(3)17(5)36-23)37(33,34)30-26-20(27)16(4)29-35-26/h6-12,30H,1-5H3,(H,28,32). The van der Waals surface area contributed by atoms with Crippen molar-refractivity contribution in [1.82, 2.24) is 5.16 Å². The van der Waals surface area contributed by atoms with E-state index in [1.54, 1.807) is 58.0 Å². The van der Waals surface area contributed by atoms with E-state index in [0.717, 1.165) is 16.9 Å². The molecule has 0 saturated carbocycles. The summed E-state index contributed by atoms with van der Waals surface area (Å²) in [5.74, 6) is -1.15. The Morgan fingerprint density at radius 2 is 1.70 bits per heavy atom. The van der Waals surface area contributed by atoms with Gasteiger partial charge in [-0.25, -0.2) is 13.1 Å².